The molecule has 0 aromatic heterocycles. The number of carboxylic acids is 1. The average molecular weight is 323 g/mol. The van der Waals surface area contributed by atoms with Gasteiger partial charge in [-0.2, -0.15) is 0 Å². The number of benzene rings is 1. The van der Waals surface area contributed by atoms with Crippen LogP contribution in [0.5, 0.6) is 0 Å². The highest BCUT2D eigenvalue weighted by Crippen LogP contribution is 2.49. The summed E-state index contributed by atoms with van der Waals surface area (Å²) in [6.45, 7) is 0.597. The highest BCUT2D eigenvalue weighted by molar-refractivity contribution is 7.99. The van der Waals surface area contributed by atoms with E-state index in [1.165, 1.54) is 11.8 Å². The van der Waals surface area contributed by atoms with Crippen molar-refractivity contribution in [3.05, 3.63) is 29.8 Å². The van der Waals surface area contributed by atoms with Crippen LogP contribution in [0.15, 0.2) is 24.3 Å². The third-order valence-electron chi connectivity index (χ3n) is 3.80. The second-order valence-corrected chi connectivity index (χ2v) is 6.55. The van der Waals surface area contributed by atoms with Crippen LogP contribution >= 0.6 is 11.8 Å². The van der Waals surface area contributed by atoms with Crippen LogP contribution in [-0.4, -0.2) is 36.5 Å². The Bertz CT molecular complexity index is 543. The lowest BCUT2D eigenvalue weighted by Crippen LogP contribution is -2.25. The minimum absolute atomic E-state index is 0.0555. The van der Waals surface area contributed by atoms with Crippen molar-refractivity contribution in [2.75, 3.05) is 24.8 Å². The maximum atomic E-state index is 12.4. The fourth-order valence-electron chi connectivity index (χ4n) is 2.30. The molecule has 1 aromatic carbocycles. The highest BCUT2D eigenvalue weighted by atomic mass is 32.2. The number of nitrogens with one attached hydrogen (secondary N) is 1. The number of carbonyl (C=O) groups is 2. The van der Waals surface area contributed by atoms with Gasteiger partial charge in [0.05, 0.1) is 11.2 Å². The zero-order valence-corrected chi connectivity index (χ0v) is 13.4. The third-order valence-corrected chi connectivity index (χ3v) is 4.79. The van der Waals surface area contributed by atoms with E-state index in [0.717, 1.165) is 30.5 Å². The lowest BCUT2D eigenvalue weighted by atomic mass is 10.0. The number of ether oxygens (including phenoxy) is 1. The van der Waals surface area contributed by atoms with E-state index in [-0.39, 0.29) is 17.1 Å². The molecule has 2 rings (SSSR count). The van der Waals surface area contributed by atoms with Gasteiger partial charge >= 0.3 is 5.97 Å². The SMILES string of the molecule is COCCC1(C(=O)Nc2cccc(CSCC(=O)O)c2)CC1. The normalized spacial score (nSPS) is 15.3. The summed E-state index contributed by atoms with van der Waals surface area (Å²) in [5.41, 5.74) is 1.51. The topological polar surface area (TPSA) is 75.6 Å². The van der Waals surface area contributed by atoms with Gasteiger partial charge in [-0.05, 0) is 37.0 Å². The predicted molar refractivity (Wildman–Crippen MR) is 87.0 cm³/mol. The summed E-state index contributed by atoms with van der Waals surface area (Å²) in [7, 11) is 1.65. The Morgan fingerprint density at radius 1 is 1.41 bits per heavy atom. The molecule has 1 amide bonds. The van der Waals surface area contributed by atoms with Crippen molar-refractivity contribution in [1.29, 1.82) is 0 Å². The zero-order chi connectivity index (χ0) is 16.0. The van der Waals surface area contributed by atoms with E-state index < -0.39 is 5.97 Å². The maximum absolute atomic E-state index is 12.4. The van der Waals surface area contributed by atoms with E-state index in [9.17, 15) is 9.59 Å². The molecule has 0 aliphatic heterocycles. The third kappa shape index (κ3) is 4.74. The van der Waals surface area contributed by atoms with Crippen molar-refractivity contribution in [2.24, 2.45) is 5.41 Å². The molecule has 0 unspecified atom stereocenters. The van der Waals surface area contributed by atoms with E-state index in [2.05, 4.69) is 5.32 Å². The molecule has 1 fully saturated rings. The standard InChI is InChI=1S/C16H21NO4S/c1-21-8-7-16(5-6-16)15(20)17-13-4-2-3-12(9-13)10-22-11-14(18)19/h2-4,9H,5-8,10-11H2,1H3,(H,17,20)(H,18,19). The number of carboxylic acid groups (broad SMARTS) is 1. The molecule has 0 heterocycles. The van der Waals surface area contributed by atoms with Gasteiger partial charge < -0.3 is 15.2 Å². The summed E-state index contributed by atoms with van der Waals surface area (Å²) in [5, 5.41) is 11.6. The van der Waals surface area contributed by atoms with Crippen LogP contribution < -0.4 is 5.32 Å². The van der Waals surface area contributed by atoms with Gasteiger partial charge in [-0.1, -0.05) is 12.1 Å². The number of carbonyl (C=O) groups excluding carboxylic acids is 1. The summed E-state index contributed by atoms with van der Waals surface area (Å²) in [6, 6.07) is 7.57. The Kier molecular flexibility index (Phi) is 5.85. The molecule has 1 saturated carbocycles. The van der Waals surface area contributed by atoms with Crippen molar-refractivity contribution < 1.29 is 19.4 Å². The molecule has 5 nitrogen and oxygen atoms in total. The summed E-state index contributed by atoms with van der Waals surface area (Å²) in [5.74, 6) is -0.0650. The maximum Gasteiger partial charge on any atom is 0.313 e. The Morgan fingerprint density at radius 3 is 2.82 bits per heavy atom. The summed E-state index contributed by atoms with van der Waals surface area (Å²) >= 11 is 1.34. The monoisotopic (exact) mass is 323 g/mol. The minimum atomic E-state index is -0.816. The second kappa shape index (κ2) is 7.65. The molecule has 0 bridgehead atoms. The minimum Gasteiger partial charge on any atom is -0.481 e. The van der Waals surface area contributed by atoms with E-state index in [0.29, 0.717) is 12.4 Å². The molecule has 0 spiro atoms. The molecule has 22 heavy (non-hydrogen) atoms. The largest absolute Gasteiger partial charge is 0.481 e. The first kappa shape index (κ1) is 16.8. The lowest BCUT2D eigenvalue weighted by Gasteiger charge is -2.15. The van der Waals surface area contributed by atoms with Crippen LogP contribution in [0.1, 0.15) is 24.8 Å². The highest BCUT2D eigenvalue weighted by Gasteiger charge is 2.49. The van der Waals surface area contributed by atoms with E-state index in [1.807, 2.05) is 24.3 Å². The molecular formula is C16H21NO4S. The predicted octanol–water partition coefficient (Wildman–Crippen LogP) is 2.76. The molecule has 2 N–H and O–H groups in total. The van der Waals surface area contributed by atoms with Crippen LogP contribution in [0.25, 0.3) is 0 Å². The first-order chi connectivity index (χ1) is 10.6. The average Bonchev–Trinajstić information content (AvgIpc) is 3.26. The smallest absolute Gasteiger partial charge is 0.313 e. The van der Waals surface area contributed by atoms with Gasteiger partial charge in [0.15, 0.2) is 0 Å². The summed E-state index contributed by atoms with van der Waals surface area (Å²) < 4.78 is 5.07. The number of methoxy groups -OCH3 is 1. The Balaban J connectivity index is 1.90. The van der Waals surface area contributed by atoms with Crippen LogP contribution in [0.2, 0.25) is 0 Å². The Morgan fingerprint density at radius 2 is 2.18 bits per heavy atom. The van der Waals surface area contributed by atoms with Gasteiger partial charge in [0.2, 0.25) is 5.91 Å². The number of rotatable bonds is 9. The fraction of sp³-hybridized carbons (Fsp3) is 0.500. The van der Waals surface area contributed by atoms with Gasteiger partial charge in [-0.25, -0.2) is 0 Å². The van der Waals surface area contributed by atoms with Crippen molar-refractivity contribution in [3.63, 3.8) is 0 Å². The molecule has 6 heteroatoms. The number of thioether (sulfide) groups is 1. The van der Waals surface area contributed by atoms with Crippen LogP contribution in [0.3, 0.4) is 0 Å². The molecule has 0 saturated heterocycles. The van der Waals surface area contributed by atoms with Crippen LogP contribution in [0.4, 0.5) is 5.69 Å². The molecule has 120 valence electrons. The first-order valence-corrected chi connectivity index (χ1v) is 8.40. The lowest BCUT2D eigenvalue weighted by molar-refractivity contribution is -0.133. The zero-order valence-electron chi connectivity index (χ0n) is 12.6. The van der Waals surface area contributed by atoms with Crippen molar-refractivity contribution >= 4 is 29.3 Å². The van der Waals surface area contributed by atoms with Crippen LogP contribution in [0, 0.1) is 5.41 Å². The van der Waals surface area contributed by atoms with E-state index >= 15 is 0 Å². The Hall–Kier alpha value is -1.53. The Labute approximate surface area is 134 Å². The van der Waals surface area contributed by atoms with Gasteiger partial charge in [0, 0.05) is 25.2 Å². The molecule has 1 aliphatic rings. The first-order valence-electron chi connectivity index (χ1n) is 7.25. The molecule has 0 radical (unpaired) electrons. The van der Waals surface area contributed by atoms with Crippen molar-refractivity contribution in [3.8, 4) is 0 Å². The molecular weight excluding hydrogens is 302 g/mol. The number of hydrogen-bond donors (Lipinski definition) is 2. The number of aliphatic carboxylic acids is 1. The number of amides is 1. The van der Waals surface area contributed by atoms with Crippen molar-refractivity contribution in [2.45, 2.75) is 25.0 Å². The second-order valence-electron chi connectivity index (χ2n) is 5.56. The van der Waals surface area contributed by atoms with E-state index in [1.54, 1.807) is 7.11 Å². The van der Waals surface area contributed by atoms with Gasteiger partial charge in [0.1, 0.15) is 0 Å². The number of hydrogen-bond acceptors (Lipinski definition) is 4. The van der Waals surface area contributed by atoms with Gasteiger partial charge in [-0.3, -0.25) is 9.59 Å². The van der Waals surface area contributed by atoms with Gasteiger partial charge in [-0.15, -0.1) is 11.8 Å². The molecule has 1 aromatic rings. The van der Waals surface area contributed by atoms with Crippen LogP contribution in [-0.2, 0) is 20.1 Å². The van der Waals surface area contributed by atoms with Crippen molar-refractivity contribution in [1.82, 2.24) is 0 Å². The quantitative estimate of drug-likeness (QED) is 0.731. The fourth-order valence-corrected chi connectivity index (χ4v) is 2.99. The summed E-state index contributed by atoms with van der Waals surface area (Å²) in [4.78, 5) is 22.9. The molecule has 0 atom stereocenters. The molecule has 1 aliphatic carbocycles. The van der Waals surface area contributed by atoms with E-state index in [4.69, 9.17) is 9.84 Å². The van der Waals surface area contributed by atoms with Gasteiger partial charge in [0.25, 0.3) is 0 Å². The number of anilines is 1. The summed E-state index contributed by atoms with van der Waals surface area (Å²) in [6.07, 6.45) is 2.58.